The summed E-state index contributed by atoms with van der Waals surface area (Å²) in [5.74, 6) is 0. The predicted molar refractivity (Wildman–Crippen MR) is 135 cm³/mol. The van der Waals surface area contributed by atoms with Crippen LogP contribution in [-0.2, 0) is 28.4 Å². The van der Waals surface area contributed by atoms with E-state index in [1.54, 1.807) is 0 Å². The molecule has 1 aliphatic heterocycles. The molecule has 6 nitrogen and oxygen atoms in total. The lowest BCUT2D eigenvalue weighted by molar-refractivity contribution is -0.258. The van der Waals surface area contributed by atoms with Gasteiger partial charge in [-0.3, -0.25) is 0 Å². The Morgan fingerprint density at radius 3 is 0.829 bits per heavy atom. The van der Waals surface area contributed by atoms with Crippen molar-refractivity contribution in [3.8, 4) is 0 Å². The van der Waals surface area contributed by atoms with Crippen LogP contribution >= 0.6 is 0 Å². The van der Waals surface area contributed by atoms with Crippen LogP contribution in [0.25, 0.3) is 0 Å². The Morgan fingerprint density at radius 2 is 0.514 bits per heavy atom. The van der Waals surface area contributed by atoms with Crippen LogP contribution in [0.1, 0.15) is 109 Å². The number of rotatable bonds is 0. The van der Waals surface area contributed by atoms with Crippen LogP contribution in [0.4, 0.5) is 0 Å². The molecule has 0 bridgehead atoms. The summed E-state index contributed by atoms with van der Waals surface area (Å²) in [4.78, 5) is 0. The normalized spacial score (nSPS) is 43.2. The molecule has 5 fully saturated rings. The van der Waals surface area contributed by atoms with Crippen molar-refractivity contribution in [1.29, 1.82) is 0 Å². The van der Waals surface area contributed by atoms with Crippen molar-refractivity contribution in [1.82, 2.24) is 0 Å². The first-order chi connectivity index (χ1) is 17.2. The van der Waals surface area contributed by atoms with E-state index in [0.29, 0.717) is 39.6 Å². The fourth-order valence-corrected chi connectivity index (χ4v) is 8.22. The second kappa shape index (κ2) is 12.1. The summed E-state index contributed by atoms with van der Waals surface area (Å²) < 4.78 is 38.9. The molecule has 0 unspecified atom stereocenters. The highest BCUT2D eigenvalue weighted by molar-refractivity contribution is 5.09. The largest absolute Gasteiger partial charge is 0.377 e. The smallest absolute Gasteiger partial charge is 0.0971 e. The van der Waals surface area contributed by atoms with Gasteiger partial charge in [0.2, 0.25) is 0 Å². The van der Waals surface area contributed by atoms with E-state index in [0.717, 1.165) is 71.0 Å². The Morgan fingerprint density at radius 1 is 0.257 bits per heavy atom. The van der Waals surface area contributed by atoms with E-state index < -0.39 is 0 Å². The zero-order valence-corrected chi connectivity index (χ0v) is 22.1. The van der Waals surface area contributed by atoms with Crippen molar-refractivity contribution >= 4 is 0 Å². The molecule has 1 saturated heterocycles. The van der Waals surface area contributed by atoms with Gasteiger partial charge in [0.15, 0.2) is 0 Å². The van der Waals surface area contributed by atoms with Gasteiger partial charge in [-0.2, -0.15) is 0 Å². The molecule has 0 amide bonds. The Hall–Kier alpha value is -0.240. The van der Waals surface area contributed by atoms with Gasteiger partial charge in [-0.15, -0.1) is 0 Å². The maximum Gasteiger partial charge on any atom is 0.0971 e. The highest BCUT2D eigenvalue weighted by atomic mass is 16.6. The lowest BCUT2D eigenvalue weighted by atomic mass is 9.63. The standard InChI is InChI=1S/C29H50O6/c1-5-14-28-15-6-2-11-26(28,10-1)32-18-9-19-33-27-12-3-7-16-29(27,17-8-4-13-27)35-25-23-31-21-20-30-22-24-34-28/h1-25H2. The van der Waals surface area contributed by atoms with Crippen molar-refractivity contribution in [3.63, 3.8) is 0 Å². The van der Waals surface area contributed by atoms with Gasteiger partial charge in [0, 0.05) is 13.2 Å². The second-order valence-electron chi connectivity index (χ2n) is 11.8. The van der Waals surface area contributed by atoms with Crippen molar-refractivity contribution < 1.29 is 28.4 Å². The Labute approximate surface area is 213 Å². The van der Waals surface area contributed by atoms with Crippen LogP contribution < -0.4 is 0 Å². The fourth-order valence-electron chi connectivity index (χ4n) is 8.22. The third kappa shape index (κ3) is 5.49. The quantitative estimate of drug-likeness (QED) is 0.428. The summed E-state index contributed by atoms with van der Waals surface area (Å²) in [5.41, 5.74) is -0.532. The molecule has 0 aromatic carbocycles. The molecule has 6 heteroatoms. The Bertz CT molecular complexity index is 573. The van der Waals surface area contributed by atoms with Gasteiger partial charge in [-0.05, 0) is 57.8 Å². The average Bonchev–Trinajstić information content (AvgIpc) is 2.89. The first-order valence-corrected chi connectivity index (χ1v) is 15.0. The van der Waals surface area contributed by atoms with Gasteiger partial charge < -0.3 is 28.4 Å². The molecular weight excluding hydrogens is 444 g/mol. The minimum absolute atomic E-state index is 0.129. The van der Waals surface area contributed by atoms with Gasteiger partial charge in [0.05, 0.1) is 62.0 Å². The van der Waals surface area contributed by atoms with Crippen LogP contribution in [0, 0.1) is 0 Å². The molecule has 0 aromatic rings. The molecular formula is C29H50O6. The van der Waals surface area contributed by atoms with Crippen LogP contribution in [0.15, 0.2) is 0 Å². The van der Waals surface area contributed by atoms with E-state index in [1.165, 1.54) is 51.4 Å². The Balaban J connectivity index is 1.28. The maximum atomic E-state index is 6.86. The molecule has 202 valence electrons. The second-order valence-corrected chi connectivity index (χ2v) is 11.8. The highest BCUT2D eigenvalue weighted by Crippen LogP contribution is 2.53. The lowest BCUT2D eigenvalue weighted by Gasteiger charge is -2.56. The Kier molecular flexibility index (Phi) is 9.10. The molecule has 1 heterocycles. The molecule has 5 aliphatic rings. The topological polar surface area (TPSA) is 55.4 Å². The summed E-state index contributed by atoms with van der Waals surface area (Å²) >= 11 is 0. The van der Waals surface area contributed by atoms with Crippen LogP contribution in [0.3, 0.4) is 0 Å². The number of hydrogen-bond acceptors (Lipinski definition) is 6. The lowest BCUT2D eigenvalue weighted by Crippen LogP contribution is -2.62. The van der Waals surface area contributed by atoms with Crippen molar-refractivity contribution in [2.45, 2.75) is 132 Å². The summed E-state index contributed by atoms with van der Waals surface area (Å²) in [5, 5.41) is 0. The van der Waals surface area contributed by atoms with E-state index in [1.807, 2.05) is 0 Å². The maximum absolute atomic E-state index is 6.86. The summed E-state index contributed by atoms with van der Waals surface area (Å²) in [7, 11) is 0. The molecule has 4 saturated carbocycles. The summed E-state index contributed by atoms with van der Waals surface area (Å²) in [6.07, 6.45) is 19.9. The van der Waals surface area contributed by atoms with Gasteiger partial charge in [-0.25, -0.2) is 0 Å². The summed E-state index contributed by atoms with van der Waals surface area (Å²) in [6, 6.07) is 0. The van der Waals surface area contributed by atoms with E-state index in [9.17, 15) is 0 Å². The van der Waals surface area contributed by atoms with Gasteiger partial charge in [0.25, 0.3) is 0 Å². The van der Waals surface area contributed by atoms with E-state index >= 15 is 0 Å². The van der Waals surface area contributed by atoms with E-state index in [-0.39, 0.29) is 22.4 Å². The summed E-state index contributed by atoms with van der Waals surface area (Å²) in [6.45, 7) is 5.27. The molecule has 4 aliphatic carbocycles. The van der Waals surface area contributed by atoms with Crippen LogP contribution in [-0.4, -0.2) is 75.3 Å². The van der Waals surface area contributed by atoms with Gasteiger partial charge in [-0.1, -0.05) is 51.4 Å². The molecule has 0 atom stereocenters. The molecule has 0 N–H and O–H groups in total. The predicted octanol–water partition coefficient (Wildman–Crippen LogP) is 5.74. The van der Waals surface area contributed by atoms with E-state index in [2.05, 4.69) is 0 Å². The van der Waals surface area contributed by atoms with Crippen molar-refractivity contribution in [3.05, 3.63) is 0 Å². The van der Waals surface area contributed by atoms with E-state index in [4.69, 9.17) is 28.4 Å². The van der Waals surface area contributed by atoms with Crippen molar-refractivity contribution in [2.24, 2.45) is 0 Å². The zero-order chi connectivity index (χ0) is 23.9. The molecule has 0 spiro atoms. The van der Waals surface area contributed by atoms with Gasteiger partial charge >= 0.3 is 0 Å². The first kappa shape index (κ1) is 26.4. The zero-order valence-electron chi connectivity index (χ0n) is 22.1. The third-order valence-corrected chi connectivity index (χ3v) is 9.94. The minimum atomic E-state index is -0.137. The fraction of sp³-hybridized carbons (Fsp3) is 1.00. The third-order valence-electron chi connectivity index (χ3n) is 9.94. The highest BCUT2D eigenvalue weighted by Gasteiger charge is 2.57. The van der Waals surface area contributed by atoms with Gasteiger partial charge in [0.1, 0.15) is 0 Å². The monoisotopic (exact) mass is 494 g/mol. The number of hydrogen-bond donors (Lipinski definition) is 0. The van der Waals surface area contributed by atoms with Crippen LogP contribution in [0.2, 0.25) is 0 Å². The van der Waals surface area contributed by atoms with Crippen LogP contribution in [0.5, 0.6) is 0 Å². The first-order valence-electron chi connectivity index (χ1n) is 15.0. The average molecular weight is 495 g/mol. The SMILES string of the molecule is C1COC23CCCCC2(CCCC3)OCCOCCOCCOC23CCCCC2(CCCC3)OC1. The molecule has 0 aromatic heterocycles. The molecule has 0 radical (unpaired) electrons. The molecule has 5 rings (SSSR count). The molecule has 35 heavy (non-hydrogen) atoms. The van der Waals surface area contributed by atoms with Crippen molar-refractivity contribution in [2.75, 3.05) is 52.9 Å². The number of ether oxygens (including phenoxy) is 6. The minimum Gasteiger partial charge on any atom is -0.377 e.